The Morgan fingerprint density at radius 1 is 1.24 bits per heavy atom. The molecule has 0 saturated heterocycles. The Morgan fingerprint density at radius 2 is 2.05 bits per heavy atom. The van der Waals surface area contributed by atoms with E-state index in [2.05, 4.69) is 10.3 Å². The van der Waals surface area contributed by atoms with Gasteiger partial charge in [-0.15, -0.1) is 0 Å². The van der Waals surface area contributed by atoms with Gasteiger partial charge in [0.15, 0.2) is 11.6 Å². The fraction of sp³-hybridized carbons (Fsp3) is 0.312. The molecule has 21 heavy (non-hydrogen) atoms. The van der Waals surface area contributed by atoms with Gasteiger partial charge in [0, 0.05) is 12.1 Å². The SMILES string of the molecule is CCCNCc1cc(F)cnc1Oc1cc(C)ccc1F. The van der Waals surface area contributed by atoms with Crippen molar-refractivity contribution in [1.82, 2.24) is 10.3 Å². The highest BCUT2D eigenvalue weighted by Crippen LogP contribution is 2.27. The maximum atomic E-state index is 13.7. The van der Waals surface area contributed by atoms with E-state index in [0.29, 0.717) is 12.1 Å². The number of halogens is 2. The molecule has 1 N–H and O–H groups in total. The molecule has 2 rings (SSSR count). The summed E-state index contributed by atoms with van der Waals surface area (Å²) in [5.74, 6) is -0.616. The summed E-state index contributed by atoms with van der Waals surface area (Å²) < 4.78 is 32.6. The summed E-state index contributed by atoms with van der Waals surface area (Å²) in [6.45, 7) is 5.10. The van der Waals surface area contributed by atoms with E-state index < -0.39 is 11.6 Å². The van der Waals surface area contributed by atoms with Gasteiger partial charge in [-0.25, -0.2) is 13.8 Å². The number of nitrogens with zero attached hydrogens (tertiary/aromatic N) is 1. The highest BCUT2D eigenvalue weighted by molar-refractivity contribution is 5.35. The Bertz CT molecular complexity index is 617. The Labute approximate surface area is 123 Å². The zero-order valence-electron chi connectivity index (χ0n) is 12.1. The summed E-state index contributed by atoms with van der Waals surface area (Å²) in [5, 5.41) is 3.15. The van der Waals surface area contributed by atoms with Crippen molar-refractivity contribution in [1.29, 1.82) is 0 Å². The molecule has 0 saturated carbocycles. The molecule has 0 fully saturated rings. The van der Waals surface area contributed by atoms with Crippen LogP contribution < -0.4 is 10.1 Å². The minimum absolute atomic E-state index is 0.0887. The monoisotopic (exact) mass is 292 g/mol. The van der Waals surface area contributed by atoms with Gasteiger partial charge >= 0.3 is 0 Å². The molecule has 1 heterocycles. The molecule has 5 heteroatoms. The van der Waals surface area contributed by atoms with Gasteiger partial charge in [0.2, 0.25) is 5.88 Å². The van der Waals surface area contributed by atoms with Crippen LogP contribution in [0.4, 0.5) is 8.78 Å². The van der Waals surface area contributed by atoms with Crippen molar-refractivity contribution in [3.8, 4) is 11.6 Å². The van der Waals surface area contributed by atoms with E-state index in [1.54, 1.807) is 12.1 Å². The number of benzene rings is 1. The van der Waals surface area contributed by atoms with Crippen LogP contribution in [0.2, 0.25) is 0 Å². The lowest BCUT2D eigenvalue weighted by Crippen LogP contribution is -2.15. The van der Waals surface area contributed by atoms with Gasteiger partial charge in [0.05, 0.1) is 6.20 Å². The number of pyridine rings is 1. The van der Waals surface area contributed by atoms with Crippen LogP contribution in [-0.4, -0.2) is 11.5 Å². The first-order chi connectivity index (χ1) is 10.1. The van der Waals surface area contributed by atoms with E-state index in [9.17, 15) is 8.78 Å². The molecule has 0 bridgehead atoms. The van der Waals surface area contributed by atoms with Gasteiger partial charge in [-0.1, -0.05) is 13.0 Å². The van der Waals surface area contributed by atoms with Crippen LogP contribution in [0.15, 0.2) is 30.5 Å². The predicted octanol–water partition coefficient (Wildman–Crippen LogP) is 3.96. The highest BCUT2D eigenvalue weighted by Gasteiger charge is 2.11. The van der Waals surface area contributed by atoms with Crippen LogP contribution in [-0.2, 0) is 6.54 Å². The number of hydrogen-bond acceptors (Lipinski definition) is 3. The first kappa shape index (κ1) is 15.4. The van der Waals surface area contributed by atoms with Crippen LogP contribution in [0, 0.1) is 18.6 Å². The number of nitrogens with one attached hydrogen (secondary N) is 1. The van der Waals surface area contributed by atoms with Gasteiger partial charge < -0.3 is 10.1 Å². The normalized spacial score (nSPS) is 10.7. The van der Waals surface area contributed by atoms with Crippen molar-refractivity contribution in [3.05, 3.63) is 53.2 Å². The van der Waals surface area contributed by atoms with Crippen molar-refractivity contribution in [2.75, 3.05) is 6.54 Å². The number of rotatable bonds is 6. The Kier molecular flexibility index (Phi) is 5.22. The van der Waals surface area contributed by atoms with Crippen molar-refractivity contribution in [3.63, 3.8) is 0 Å². The summed E-state index contributed by atoms with van der Waals surface area (Å²) in [7, 11) is 0. The van der Waals surface area contributed by atoms with Gasteiger partial charge in [0.25, 0.3) is 0 Å². The third-order valence-corrected chi connectivity index (χ3v) is 2.93. The lowest BCUT2D eigenvalue weighted by atomic mass is 10.2. The number of aryl methyl sites for hydroxylation is 1. The fourth-order valence-corrected chi connectivity index (χ4v) is 1.88. The molecule has 1 aromatic heterocycles. The summed E-state index contributed by atoms with van der Waals surface area (Å²) >= 11 is 0. The molecule has 1 aromatic carbocycles. The summed E-state index contributed by atoms with van der Waals surface area (Å²) in [4.78, 5) is 3.92. The molecule has 0 aliphatic heterocycles. The Hall–Kier alpha value is -2.01. The smallest absolute Gasteiger partial charge is 0.224 e. The first-order valence-electron chi connectivity index (χ1n) is 6.89. The number of hydrogen-bond donors (Lipinski definition) is 1. The van der Waals surface area contributed by atoms with Gasteiger partial charge in [-0.3, -0.25) is 0 Å². The van der Waals surface area contributed by atoms with Crippen molar-refractivity contribution < 1.29 is 13.5 Å². The van der Waals surface area contributed by atoms with Crippen molar-refractivity contribution in [2.24, 2.45) is 0 Å². The fourth-order valence-electron chi connectivity index (χ4n) is 1.88. The molecule has 0 radical (unpaired) electrons. The zero-order chi connectivity index (χ0) is 15.2. The van der Waals surface area contributed by atoms with Gasteiger partial charge in [-0.2, -0.15) is 0 Å². The number of ether oxygens (including phenoxy) is 1. The van der Waals surface area contributed by atoms with Gasteiger partial charge in [0.1, 0.15) is 5.82 Å². The van der Waals surface area contributed by atoms with E-state index in [-0.39, 0.29) is 11.6 Å². The molecule has 0 unspecified atom stereocenters. The summed E-state index contributed by atoms with van der Waals surface area (Å²) in [5.41, 5.74) is 1.43. The molecule has 0 spiro atoms. The van der Waals surface area contributed by atoms with E-state index in [1.807, 2.05) is 13.8 Å². The zero-order valence-corrected chi connectivity index (χ0v) is 12.1. The molecule has 0 amide bonds. The minimum atomic E-state index is -0.473. The average molecular weight is 292 g/mol. The Morgan fingerprint density at radius 3 is 2.81 bits per heavy atom. The second kappa shape index (κ2) is 7.13. The summed E-state index contributed by atoms with van der Waals surface area (Å²) in [6.07, 6.45) is 2.03. The van der Waals surface area contributed by atoms with Crippen LogP contribution in [0.1, 0.15) is 24.5 Å². The largest absolute Gasteiger partial charge is 0.436 e. The molecule has 0 aliphatic carbocycles. The van der Waals surface area contributed by atoms with E-state index >= 15 is 0 Å². The molecule has 0 aliphatic rings. The van der Waals surface area contributed by atoms with E-state index in [1.165, 1.54) is 12.1 Å². The van der Waals surface area contributed by atoms with Crippen molar-refractivity contribution >= 4 is 0 Å². The second-order valence-electron chi connectivity index (χ2n) is 4.83. The van der Waals surface area contributed by atoms with Crippen LogP contribution in [0.5, 0.6) is 11.6 Å². The predicted molar refractivity (Wildman–Crippen MR) is 77.4 cm³/mol. The van der Waals surface area contributed by atoms with Crippen LogP contribution in [0.25, 0.3) is 0 Å². The molecule has 3 nitrogen and oxygen atoms in total. The topological polar surface area (TPSA) is 34.2 Å². The summed E-state index contributed by atoms with van der Waals surface area (Å²) in [6, 6.07) is 5.93. The molecule has 0 atom stereocenters. The molecular formula is C16H18F2N2O. The average Bonchev–Trinajstić information content (AvgIpc) is 2.46. The lowest BCUT2D eigenvalue weighted by molar-refractivity contribution is 0.417. The molecular weight excluding hydrogens is 274 g/mol. The maximum absolute atomic E-state index is 13.7. The molecule has 2 aromatic rings. The quantitative estimate of drug-likeness (QED) is 0.818. The van der Waals surface area contributed by atoms with Crippen molar-refractivity contribution in [2.45, 2.75) is 26.8 Å². The van der Waals surface area contributed by atoms with E-state index in [4.69, 9.17) is 4.74 Å². The maximum Gasteiger partial charge on any atom is 0.224 e. The minimum Gasteiger partial charge on any atom is -0.436 e. The Balaban J connectivity index is 2.24. The first-order valence-corrected chi connectivity index (χ1v) is 6.89. The lowest BCUT2D eigenvalue weighted by Gasteiger charge is -2.11. The third-order valence-electron chi connectivity index (χ3n) is 2.93. The van der Waals surface area contributed by atoms with Crippen LogP contribution >= 0.6 is 0 Å². The van der Waals surface area contributed by atoms with Gasteiger partial charge in [-0.05, 0) is 43.7 Å². The molecule has 112 valence electrons. The highest BCUT2D eigenvalue weighted by atomic mass is 19.1. The van der Waals surface area contributed by atoms with Crippen LogP contribution in [0.3, 0.4) is 0 Å². The van der Waals surface area contributed by atoms with E-state index in [0.717, 1.165) is 24.7 Å². The standard InChI is InChI=1S/C16H18F2N2O/c1-3-6-19-9-12-8-13(17)10-20-16(12)21-15-7-11(2)4-5-14(15)18/h4-5,7-8,10,19H,3,6,9H2,1-2H3. The third kappa shape index (κ3) is 4.23. The second-order valence-corrected chi connectivity index (χ2v) is 4.83. The number of aromatic nitrogens is 1.